The molecule has 0 bridgehead atoms. The van der Waals surface area contributed by atoms with Crippen LogP contribution in [0.25, 0.3) is 5.95 Å². The molecule has 3 aromatic rings. The molecule has 0 spiro atoms. The predicted molar refractivity (Wildman–Crippen MR) is 121 cm³/mol. The highest BCUT2D eigenvalue weighted by Crippen LogP contribution is 2.23. The third-order valence-electron chi connectivity index (χ3n) is 5.22. The molecule has 0 radical (unpaired) electrons. The van der Waals surface area contributed by atoms with Crippen molar-refractivity contribution in [1.82, 2.24) is 29.7 Å². The lowest BCUT2D eigenvalue weighted by molar-refractivity contribution is -0.130. The molecule has 4 rings (SSSR count). The van der Waals surface area contributed by atoms with Gasteiger partial charge in [-0.2, -0.15) is 4.98 Å². The van der Waals surface area contributed by atoms with Gasteiger partial charge in [-0.1, -0.05) is 35.3 Å². The first kappa shape index (κ1) is 21.5. The lowest BCUT2D eigenvalue weighted by Crippen LogP contribution is -2.53. The van der Waals surface area contributed by atoms with E-state index in [4.69, 9.17) is 23.2 Å². The Bertz CT molecular complexity index is 1030. The number of nitrogens with one attached hydrogen (secondary N) is 1. The smallest absolute Gasteiger partial charge is 0.238 e. The van der Waals surface area contributed by atoms with E-state index in [0.29, 0.717) is 41.5 Å². The molecule has 10 heteroatoms. The molecule has 2 aromatic heterocycles. The van der Waals surface area contributed by atoms with E-state index in [0.717, 1.165) is 18.7 Å². The number of halogens is 2. The summed E-state index contributed by atoms with van der Waals surface area (Å²) in [5, 5.41) is 4.40. The molecule has 0 aliphatic carbocycles. The molecule has 3 heterocycles. The Labute approximate surface area is 190 Å². The van der Waals surface area contributed by atoms with Crippen LogP contribution in [0.5, 0.6) is 0 Å². The summed E-state index contributed by atoms with van der Waals surface area (Å²) >= 11 is 12.2. The van der Waals surface area contributed by atoms with E-state index in [1.54, 1.807) is 34.3 Å². The normalized spacial score (nSPS) is 16.4. The molecule has 31 heavy (non-hydrogen) atoms. The number of benzene rings is 1. The second-order valence-corrected chi connectivity index (χ2v) is 8.27. The third kappa shape index (κ3) is 5.33. The van der Waals surface area contributed by atoms with Gasteiger partial charge in [-0.15, -0.1) is 0 Å². The standard InChI is InChI=1S/C21H23Cl2N7O/c1-28(13-15-2-4-16(22)5-3-15)20(31)10-17-12-24-7-9-30(17)19-11-18(23)26-21(27-19)29-8-6-25-14-29/h2-6,8,11,14,17,24H,7,9-10,12-13H2,1H3. The van der Waals surface area contributed by atoms with Crippen LogP contribution in [0.3, 0.4) is 0 Å². The average molecular weight is 460 g/mol. The molecule has 1 aliphatic rings. The minimum absolute atomic E-state index is 0.0458. The Morgan fingerprint density at radius 2 is 2.06 bits per heavy atom. The van der Waals surface area contributed by atoms with Crippen LogP contribution in [0.4, 0.5) is 5.82 Å². The number of piperazine rings is 1. The monoisotopic (exact) mass is 459 g/mol. The maximum absolute atomic E-state index is 13.0. The Hall–Kier alpha value is -2.68. The van der Waals surface area contributed by atoms with Crippen LogP contribution in [0.2, 0.25) is 10.2 Å². The highest BCUT2D eigenvalue weighted by atomic mass is 35.5. The summed E-state index contributed by atoms with van der Waals surface area (Å²) in [4.78, 5) is 29.8. The average Bonchev–Trinajstić information content (AvgIpc) is 3.30. The zero-order chi connectivity index (χ0) is 21.8. The summed E-state index contributed by atoms with van der Waals surface area (Å²) in [5.74, 6) is 1.20. The fourth-order valence-electron chi connectivity index (χ4n) is 3.59. The highest BCUT2D eigenvalue weighted by molar-refractivity contribution is 6.30. The molecule has 0 saturated carbocycles. The minimum Gasteiger partial charge on any atom is -0.350 e. The van der Waals surface area contributed by atoms with E-state index in [2.05, 4.69) is 25.2 Å². The highest BCUT2D eigenvalue weighted by Gasteiger charge is 2.27. The van der Waals surface area contributed by atoms with E-state index >= 15 is 0 Å². The number of carbonyl (C=O) groups is 1. The fourth-order valence-corrected chi connectivity index (χ4v) is 3.89. The molecule has 1 unspecified atom stereocenters. The molecule has 8 nitrogen and oxygen atoms in total. The predicted octanol–water partition coefficient (Wildman–Crippen LogP) is 2.80. The molecule has 1 N–H and O–H groups in total. The Balaban J connectivity index is 1.48. The number of hydrogen-bond acceptors (Lipinski definition) is 6. The topological polar surface area (TPSA) is 79.2 Å². The number of aromatic nitrogens is 4. The lowest BCUT2D eigenvalue weighted by Gasteiger charge is -2.37. The molecule has 1 aromatic carbocycles. The van der Waals surface area contributed by atoms with Crippen LogP contribution >= 0.6 is 23.2 Å². The number of carbonyl (C=O) groups excluding carboxylic acids is 1. The van der Waals surface area contributed by atoms with Crippen molar-refractivity contribution in [2.45, 2.75) is 19.0 Å². The molecular weight excluding hydrogens is 437 g/mol. The van der Waals surface area contributed by atoms with Gasteiger partial charge in [0.15, 0.2) is 0 Å². The van der Waals surface area contributed by atoms with Gasteiger partial charge in [0.25, 0.3) is 0 Å². The Morgan fingerprint density at radius 1 is 1.26 bits per heavy atom. The number of amides is 1. The van der Waals surface area contributed by atoms with Crippen molar-refractivity contribution in [1.29, 1.82) is 0 Å². The largest absolute Gasteiger partial charge is 0.350 e. The quantitative estimate of drug-likeness (QED) is 0.570. The van der Waals surface area contributed by atoms with E-state index in [-0.39, 0.29) is 11.9 Å². The zero-order valence-electron chi connectivity index (χ0n) is 17.1. The number of anilines is 1. The number of hydrogen-bond donors (Lipinski definition) is 1. The molecule has 1 saturated heterocycles. The van der Waals surface area contributed by atoms with Crippen molar-refractivity contribution < 1.29 is 4.79 Å². The van der Waals surface area contributed by atoms with Gasteiger partial charge in [-0.3, -0.25) is 9.36 Å². The maximum atomic E-state index is 13.0. The van der Waals surface area contributed by atoms with E-state index in [1.165, 1.54) is 0 Å². The SMILES string of the molecule is CN(Cc1ccc(Cl)cc1)C(=O)CC1CNCCN1c1cc(Cl)nc(-n2ccnc2)n1. The number of nitrogens with zero attached hydrogens (tertiary/aromatic N) is 6. The van der Waals surface area contributed by atoms with Crippen LogP contribution in [0.1, 0.15) is 12.0 Å². The first-order chi connectivity index (χ1) is 15.0. The second kappa shape index (κ2) is 9.64. The first-order valence-corrected chi connectivity index (χ1v) is 10.7. The van der Waals surface area contributed by atoms with Gasteiger partial charge < -0.3 is 15.1 Å². The zero-order valence-corrected chi connectivity index (χ0v) is 18.6. The first-order valence-electron chi connectivity index (χ1n) is 9.98. The molecule has 1 amide bonds. The maximum Gasteiger partial charge on any atom is 0.238 e. The van der Waals surface area contributed by atoms with E-state index < -0.39 is 0 Å². The van der Waals surface area contributed by atoms with Crippen LogP contribution in [-0.2, 0) is 11.3 Å². The van der Waals surface area contributed by atoms with Crippen LogP contribution < -0.4 is 10.2 Å². The summed E-state index contributed by atoms with van der Waals surface area (Å²) in [5.41, 5.74) is 1.03. The van der Waals surface area contributed by atoms with Crippen molar-refractivity contribution in [3.05, 3.63) is 64.8 Å². The van der Waals surface area contributed by atoms with Crippen LogP contribution in [-0.4, -0.2) is 63.0 Å². The molecule has 162 valence electrons. The van der Waals surface area contributed by atoms with Gasteiger partial charge in [0, 0.05) is 63.1 Å². The molecular formula is C21H23Cl2N7O. The van der Waals surface area contributed by atoms with Gasteiger partial charge in [0.2, 0.25) is 11.9 Å². The molecule has 1 fully saturated rings. The van der Waals surface area contributed by atoms with Gasteiger partial charge in [0.05, 0.1) is 6.04 Å². The van der Waals surface area contributed by atoms with Crippen LogP contribution in [0, 0.1) is 0 Å². The molecule has 1 atom stereocenters. The van der Waals surface area contributed by atoms with Crippen molar-refractivity contribution >= 4 is 34.9 Å². The summed E-state index contributed by atoms with van der Waals surface area (Å²) in [7, 11) is 1.82. The number of rotatable bonds is 6. The second-order valence-electron chi connectivity index (χ2n) is 7.45. The lowest BCUT2D eigenvalue weighted by atomic mass is 10.1. The van der Waals surface area contributed by atoms with Gasteiger partial charge in [-0.05, 0) is 17.7 Å². The summed E-state index contributed by atoms with van der Waals surface area (Å²) in [6, 6.07) is 9.22. The van der Waals surface area contributed by atoms with Gasteiger partial charge in [-0.25, -0.2) is 9.97 Å². The van der Waals surface area contributed by atoms with E-state index in [1.807, 2.05) is 31.3 Å². The van der Waals surface area contributed by atoms with Crippen molar-refractivity contribution in [3.8, 4) is 5.95 Å². The van der Waals surface area contributed by atoms with Crippen molar-refractivity contribution in [2.75, 3.05) is 31.6 Å². The third-order valence-corrected chi connectivity index (χ3v) is 5.66. The Kier molecular flexibility index (Phi) is 6.70. The minimum atomic E-state index is -0.0458. The summed E-state index contributed by atoms with van der Waals surface area (Å²) in [6.45, 7) is 2.73. The molecule has 1 aliphatic heterocycles. The summed E-state index contributed by atoms with van der Waals surface area (Å²) < 4.78 is 1.71. The number of imidazole rings is 1. The summed E-state index contributed by atoms with van der Waals surface area (Å²) in [6.07, 6.45) is 5.41. The van der Waals surface area contributed by atoms with Crippen molar-refractivity contribution in [3.63, 3.8) is 0 Å². The Morgan fingerprint density at radius 3 is 2.81 bits per heavy atom. The van der Waals surface area contributed by atoms with Crippen molar-refractivity contribution in [2.24, 2.45) is 0 Å². The van der Waals surface area contributed by atoms with Gasteiger partial charge >= 0.3 is 0 Å². The van der Waals surface area contributed by atoms with E-state index in [9.17, 15) is 4.79 Å². The fraction of sp³-hybridized carbons (Fsp3) is 0.333. The van der Waals surface area contributed by atoms with Gasteiger partial charge in [0.1, 0.15) is 17.3 Å². The van der Waals surface area contributed by atoms with Crippen LogP contribution in [0.15, 0.2) is 49.1 Å².